The molecule has 0 fully saturated rings. The highest BCUT2D eigenvalue weighted by Crippen LogP contribution is 2.29. The summed E-state index contributed by atoms with van der Waals surface area (Å²) in [5.74, 6) is -0.192. The van der Waals surface area contributed by atoms with E-state index in [0.717, 1.165) is 5.56 Å². The van der Waals surface area contributed by atoms with Crippen LogP contribution in [0.2, 0.25) is 0 Å². The van der Waals surface area contributed by atoms with Crippen LogP contribution in [0.25, 0.3) is 0 Å². The smallest absolute Gasteiger partial charge is 0.387 e. The van der Waals surface area contributed by atoms with Gasteiger partial charge in [-0.25, -0.2) is 8.42 Å². The lowest BCUT2D eigenvalue weighted by atomic mass is 10.2. The molecule has 8 nitrogen and oxygen atoms in total. The van der Waals surface area contributed by atoms with Gasteiger partial charge in [-0.2, -0.15) is 13.1 Å². The molecule has 0 spiro atoms. The first-order valence-electron chi connectivity index (χ1n) is 10.1. The van der Waals surface area contributed by atoms with Crippen molar-refractivity contribution in [2.45, 2.75) is 37.9 Å². The maximum atomic E-state index is 12.5. The Kier molecular flexibility index (Phi) is 9.15. The number of carbonyl (C=O) groups is 1. The van der Waals surface area contributed by atoms with Gasteiger partial charge in [0.1, 0.15) is 0 Å². The van der Waals surface area contributed by atoms with Crippen LogP contribution in [0.15, 0.2) is 47.4 Å². The van der Waals surface area contributed by atoms with Crippen LogP contribution in [-0.4, -0.2) is 63.9 Å². The van der Waals surface area contributed by atoms with Crippen molar-refractivity contribution in [3.8, 4) is 11.5 Å². The van der Waals surface area contributed by atoms with Gasteiger partial charge in [0.15, 0.2) is 11.5 Å². The Morgan fingerprint density at radius 1 is 1.06 bits per heavy atom. The number of alkyl halides is 2. The highest BCUT2D eigenvalue weighted by molar-refractivity contribution is 7.89. The van der Waals surface area contributed by atoms with Crippen molar-refractivity contribution in [1.29, 1.82) is 0 Å². The van der Waals surface area contributed by atoms with Crippen LogP contribution >= 0.6 is 0 Å². The SMILES string of the molecule is COc1cc(CN(C)CC(=O)Nc2ccc(S(=O)(=O)N(C)C(C)C)cc2)ccc1OC(F)F. The molecule has 0 aliphatic carbocycles. The minimum Gasteiger partial charge on any atom is -0.493 e. The van der Waals surface area contributed by atoms with Crippen molar-refractivity contribution in [1.82, 2.24) is 9.21 Å². The van der Waals surface area contributed by atoms with Crippen LogP contribution in [0.5, 0.6) is 11.5 Å². The lowest BCUT2D eigenvalue weighted by molar-refractivity contribution is -0.117. The van der Waals surface area contributed by atoms with E-state index in [9.17, 15) is 22.0 Å². The monoisotopic (exact) mass is 485 g/mol. The molecule has 0 heterocycles. The zero-order valence-corrected chi connectivity index (χ0v) is 20.0. The van der Waals surface area contributed by atoms with E-state index in [1.807, 2.05) is 0 Å². The molecule has 1 amide bonds. The predicted molar refractivity (Wildman–Crippen MR) is 121 cm³/mol. The summed E-state index contributed by atoms with van der Waals surface area (Å²) < 4.78 is 60.7. The minimum absolute atomic E-state index is 0.0493. The average molecular weight is 486 g/mol. The van der Waals surface area contributed by atoms with Crippen LogP contribution in [0.3, 0.4) is 0 Å². The molecule has 33 heavy (non-hydrogen) atoms. The molecule has 0 aliphatic heterocycles. The molecule has 0 saturated carbocycles. The second-order valence-electron chi connectivity index (χ2n) is 7.72. The van der Waals surface area contributed by atoms with Crippen molar-refractivity contribution in [3.63, 3.8) is 0 Å². The first-order valence-corrected chi connectivity index (χ1v) is 11.6. The van der Waals surface area contributed by atoms with Gasteiger partial charge in [0, 0.05) is 25.3 Å². The Bertz CT molecular complexity index is 1050. The molecule has 1 N–H and O–H groups in total. The number of hydrogen-bond donors (Lipinski definition) is 1. The Morgan fingerprint density at radius 3 is 2.24 bits per heavy atom. The lowest BCUT2D eigenvalue weighted by Gasteiger charge is -2.21. The molecular weight excluding hydrogens is 456 g/mol. The summed E-state index contributed by atoms with van der Waals surface area (Å²) in [6, 6.07) is 10.4. The third-order valence-corrected chi connectivity index (χ3v) is 6.90. The van der Waals surface area contributed by atoms with Gasteiger partial charge in [-0.15, -0.1) is 0 Å². The number of amides is 1. The number of anilines is 1. The van der Waals surface area contributed by atoms with Crippen LogP contribution in [-0.2, 0) is 21.4 Å². The molecular formula is C22H29F2N3O5S. The summed E-state index contributed by atoms with van der Waals surface area (Å²) in [6.07, 6.45) is 0. The number of methoxy groups -OCH3 is 1. The fourth-order valence-electron chi connectivity index (χ4n) is 2.97. The number of nitrogens with zero attached hydrogens (tertiary/aromatic N) is 2. The fraction of sp³-hybridized carbons (Fsp3) is 0.409. The quantitative estimate of drug-likeness (QED) is 0.525. The molecule has 182 valence electrons. The van der Waals surface area contributed by atoms with E-state index in [0.29, 0.717) is 12.2 Å². The number of likely N-dealkylation sites (N-methyl/N-ethyl adjacent to an activating group) is 1. The highest BCUT2D eigenvalue weighted by Gasteiger charge is 2.23. The summed E-state index contributed by atoms with van der Waals surface area (Å²) in [4.78, 5) is 14.3. The molecule has 0 aromatic heterocycles. The van der Waals surface area contributed by atoms with Gasteiger partial charge in [-0.05, 0) is 62.9 Å². The van der Waals surface area contributed by atoms with E-state index in [-0.39, 0.29) is 34.9 Å². The largest absolute Gasteiger partial charge is 0.493 e. The second-order valence-corrected chi connectivity index (χ2v) is 9.72. The van der Waals surface area contributed by atoms with E-state index in [1.165, 1.54) is 48.8 Å². The van der Waals surface area contributed by atoms with Gasteiger partial charge in [-0.1, -0.05) is 6.07 Å². The zero-order valence-electron chi connectivity index (χ0n) is 19.2. The molecule has 0 aliphatic rings. The Morgan fingerprint density at radius 2 is 1.70 bits per heavy atom. The Labute approximate surface area is 193 Å². The van der Waals surface area contributed by atoms with Gasteiger partial charge in [0.2, 0.25) is 15.9 Å². The van der Waals surface area contributed by atoms with Crippen LogP contribution in [0, 0.1) is 0 Å². The summed E-state index contributed by atoms with van der Waals surface area (Å²) in [6.45, 7) is 1.01. The van der Waals surface area contributed by atoms with Crippen molar-refractivity contribution >= 4 is 21.6 Å². The van der Waals surface area contributed by atoms with Crippen molar-refractivity contribution < 1.29 is 31.5 Å². The number of carbonyl (C=O) groups excluding carboxylic acids is 1. The summed E-state index contributed by atoms with van der Waals surface area (Å²) in [5.41, 5.74) is 1.21. The molecule has 0 atom stereocenters. The summed E-state index contributed by atoms with van der Waals surface area (Å²) in [5, 5.41) is 2.73. The number of nitrogens with one attached hydrogen (secondary N) is 1. The number of rotatable bonds is 11. The molecule has 0 bridgehead atoms. The first-order chi connectivity index (χ1) is 15.4. The minimum atomic E-state index is -3.60. The fourth-order valence-corrected chi connectivity index (χ4v) is 4.34. The van der Waals surface area contributed by atoms with Gasteiger partial charge in [-0.3, -0.25) is 9.69 Å². The van der Waals surface area contributed by atoms with Crippen molar-refractivity contribution in [3.05, 3.63) is 48.0 Å². The lowest BCUT2D eigenvalue weighted by Crippen LogP contribution is -2.33. The van der Waals surface area contributed by atoms with Crippen LogP contribution in [0.4, 0.5) is 14.5 Å². The Balaban J connectivity index is 1.97. The van der Waals surface area contributed by atoms with E-state index < -0.39 is 16.6 Å². The third-order valence-electron chi connectivity index (χ3n) is 4.85. The molecule has 2 rings (SSSR count). The van der Waals surface area contributed by atoms with Gasteiger partial charge < -0.3 is 14.8 Å². The van der Waals surface area contributed by atoms with Gasteiger partial charge in [0.25, 0.3) is 0 Å². The van der Waals surface area contributed by atoms with E-state index in [2.05, 4.69) is 10.1 Å². The number of ether oxygens (including phenoxy) is 2. The Hall–Kier alpha value is -2.76. The van der Waals surface area contributed by atoms with Crippen molar-refractivity contribution in [2.24, 2.45) is 0 Å². The zero-order chi connectivity index (χ0) is 24.8. The summed E-state index contributed by atoms with van der Waals surface area (Å²) >= 11 is 0. The molecule has 0 radical (unpaired) electrons. The number of sulfonamides is 1. The number of halogens is 2. The predicted octanol–water partition coefficient (Wildman–Crippen LogP) is 3.40. The first kappa shape index (κ1) is 26.5. The van der Waals surface area contributed by atoms with E-state index in [1.54, 1.807) is 37.9 Å². The molecule has 0 unspecified atom stereocenters. The number of benzene rings is 2. The topological polar surface area (TPSA) is 88.2 Å². The van der Waals surface area contributed by atoms with E-state index >= 15 is 0 Å². The normalized spacial score (nSPS) is 12.0. The average Bonchev–Trinajstić information content (AvgIpc) is 2.73. The maximum Gasteiger partial charge on any atom is 0.387 e. The van der Waals surface area contributed by atoms with Crippen LogP contribution < -0.4 is 14.8 Å². The third kappa shape index (κ3) is 7.37. The summed E-state index contributed by atoms with van der Waals surface area (Å²) in [7, 11) is 0.996. The van der Waals surface area contributed by atoms with Gasteiger partial charge >= 0.3 is 6.61 Å². The van der Waals surface area contributed by atoms with Crippen molar-refractivity contribution in [2.75, 3.05) is 33.1 Å². The van der Waals surface area contributed by atoms with E-state index in [4.69, 9.17) is 4.74 Å². The molecule has 11 heteroatoms. The molecule has 2 aromatic carbocycles. The van der Waals surface area contributed by atoms with Crippen LogP contribution in [0.1, 0.15) is 19.4 Å². The maximum absolute atomic E-state index is 12.5. The standard InChI is InChI=1S/C22H29F2N3O5S/c1-15(2)27(4)33(29,30)18-9-7-17(8-10-18)25-21(28)14-26(3)13-16-6-11-19(32-22(23)24)20(12-16)31-5/h6-12,15,22H,13-14H2,1-5H3,(H,25,28). The number of hydrogen-bond acceptors (Lipinski definition) is 6. The second kappa shape index (κ2) is 11.4. The highest BCUT2D eigenvalue weighted by atomic mass is 32.2. The molecule has 2 aromatic rings. The molecule has 0 saturated heterocycles. The van der Waals surface area contributed by atoms with Gasteiger partial charge in [0.05, 0.1) is 18.6 Å².